The first kappa shape index (κ1) is 15.6. The number of rotatable bonds is 4. The smallest absolute Gasteiger partial charge is 0.0471 e. The lowest BCUT2D eigenvalue weighted by Gasteiger charge is -2.26. The maximum Gasteiger partial charge on any atom is 0.0471 e. The fourth-order valence-corrected chi connectivity index (χ4v) is 4.60. The molecule has 2 saturated heterocycles. The fourth-order valence-electron chi connectivity index (χ4n) is 4.60. The number of hydrogen-bond acceptors (Lipinski definition) is 3. The van der Waals surface area contributed by atoms with Gasteiger partial charge in [-0.15, -0.1) is 0 Å². The van der Waals surface area contributed by atoms with E-state index in [1.54, 1.807) is 0 Å². The fraction of sp³-hybridized carbons (Fsp3) is 0.700. The van der Waals surface area contributed by atoms with Crippen molar-refractivity contribution >= 4 is 0 Å². The SMILES string of the molecule is c1ccc(CN2CCCN(CC3CC34CCOCC4)CC2)cc1. The first-order chi connectivity index (χ1) is 11.3. The van der Waals surface area contributed by atoms with Crippen molar-refractivity contribution < 1.29 is 4.74 Å². The van der Waals surface area contributed by atoms with E-state index in [1.807, 2.05) is 0 Å². The molecule has 1 unspecified atom stereocenters. The molecule has 1 atom stereocenters. The summed E-state index contributed by atoms with van der Waals surface area (Å²) in [6.45, 7) is 9.44. The Kier molecular flexibility index (Phi) is 4.70. The van der Waals surface area contributed by atoms with Crippen LogP contribution in [0.1, 0.15) is 31.2 Å². The largest absolute Gasteiger partial charge is 0.381 e. The summed E-state index contributed by atoms with van der Waals surface area (Å²) < 4.78 is 5.55. The topological polar surface area (TPSA) is 15.7 Å². The van der Waals surface area contributed by atoms with Gasteiger partial charge in [0, 0.05) is 39.4 Å². The molecule has 4 rings (SSSR count). The van der Waals surface area contributed by atoms with Gasteiger partial charge in [-0.05, 0) is 55.7 Å². The molecule has 1 aliphatic carbocycles. The van der Waals surface area contributed by atoms with Gasteiger partial charge in [0.15, 0.2) is 0 Å². The standard InChI is InChI=1S/C20H30N2O/c1-2-5-18(6-3-1)16-21-9-4-10-22(12-11-21)17-19-15-20(19)7-13-23-14-8-20/h1-3,5-6,19H,4,7-17H2. The molecule has 2 aliphatic heterocycles. The summed E-state index contributed by atoms with van der Waals surface area (Å²) in [5.41, 5.74) is 2.12. The Morgan fingerprint density at radius 3 is 2.52 bits per heavy atom. The zero-order valence-corrected chi connectivity index (χ0v) is 14.3. The quantitative estimate of drug-likeness (QED) is 0.850. The van der Waals surface area contributed by atoms with Crippen LogP contribution in [-0.2, 0) is 11.3 Å². The summed E-state index contributed by atoms with van der Waals surface area (Å²) in [6.07, 6.45) is 5.40. The maximum atomic E-state index is 5.55. The molecule has 1 aromatic carbocycles. The third-order valence-corrected chi connectivity index (χ3v) is 6.26. The van der Waals surface area contributed by atoms with Gasteiger partial charge < -0.3 is 9.64 Å². The van der Waals surface area contributed by atoms with E-state index in [2.05, 4.69) is 40.1 Å². The van der Waals surface area contributed by atoms with Crippen LogP contribution in [-0.4, -0.2) is 55.7 Å². The summed E-state index contributed by atoms with van der Waals surface area (Å²) in [6, 6.07) is 10.9. The van der Waals surface area contributed by atoms with Gasteiger partial charge >= 0.3 is 0 Å². The molecular weight excluding hydrogens is 284 g/mol. The number of benzene rings is 1. The molecule has 0 bridgehead atoms. The van der Waals surface area contributed by atoms with E-state index < -0.39 is 0 Å². The third kappa shape index (κ3) is 3.78. The van der Waals surface area contributed by atoms with Crippen molar-refractivity contribution in [2.45, 2.75) is 32.2 Å². The summed E-state index contributed by atoms with van der Waals surface area (Å²) in [4.78, 5) is 5.37. The summed E-state index contributed by atoms with van der Waals surface area (Å²) in [7, 11) is 0. The first-order valence-corrected chi connectivity index (χ1v) is 9.40. The van der Waals surface area contributed by atoms with Crippen LogP contribution < -0.4 is 0 Å². The minimum Gasteiger partial charge on any atom is -0.381 e. The highest BCUT2D eigenvalue weighted by molar-refractivity contribution is 5.14. The molecule has 23 heavy (non-hydrogen) atoms. The van der Waals surface area contributed by atoms with Crippen molar-refractivity contribution in [1.29, 1.82) is 0 Å². The van der Waals surface area contributed by atoms with E-state index in [0.29, 0.717) is 5.41 Å². The van der Waals surface area contributed by atoms with Crippen molar-refractivity contribution in [3.63, 3.8) is 0 Å². The van der Waals surface area contributed by atoms with Crippen LogP contribution in [0.5, 0.6) is 0 Å². The molecule has 0 amide bonds. The second-order valence-electron chi connectivity index (χ2n) is 7.79. The van der Waals surface area contributed by atoms with E-state index in [4.69, 9.17) is 4.74 Å². The van der Waals surface area contributed by atoms with Crippen LogP contribution in [0.25, 0.3) is 0 Å². The first-order valence-electron chi connectivity index (χ1n) is 9.40. The number of ether oxygens (including phenoxy) is 1. The van der Waals surface area contributed by atoms with E-state index in [1.165, 1.54) is 64.0 Å². The lowest BCUT2D eigenvalue weighted by Crippen LogP contribution is -2.33. The third-order valence-electron chi connectivity index (χ3n) is 6.26. The molecule has 0 N–H and O–H groups in total. The van der Waals surface area contributed by atoms with Crippen molar-refractivity contribution in [1.82, 2.24) is 9.80 Å². The summed E-state index contributed by atoms with van der Waals surface area (Å²) >= 11 is 0. The second kappa shape index (κ2) is 6.92. The Morgan fingerprint density at radius 1 is 0.957 bits per heavy atom. The molecule has 1 aromatic rings. The maximum absolute atomic E-state index is 5.55. The van der Waals surface area contributed by atoms with Crippen LogP contribution in [0.15, 0.2) is 30.3 Å². The van der Waals surface area contributed by atoms with Gasteiger partial charge in [0.1, 0.15) is 0 Å². The highest BCUT2D eigenvalue weighted by atomic mass is 16.5. The Labute approximate surface area is 140 Å². The second-order valence-corrected chi connectivity index (χ2v) is 7.79. The van der Waals surface area contributed by atoms with E-state index in [0.717, 1.165) is 25.7 Å². The van der Waals surface area contributed by atoms with Gasteiger partial charge in [-0.2, -0.15) is 0 Å². The molecule has 3 aliphatic rings. The highest BCUT2D eigenvalue weighted by Crippen LogP contribution is 2.59. The Hall–Kier alpha value is -0.900. The molecule has 1 saturated carbocycles. The van der Waals surface area contributed by atoms with Crippen LogP contribution >= 0.6 is 0 Å². The lowest BCUT2D eigenvalue weighted by atomic mass is 9.94. The predicted molar refractivity (Wildman–Crippen MR) is 93.4 cm³/mol. The molecule has 0 aromatic heterocycles. The van der Waals surface area contributed by atoms with Crippen LogP contribution in [0.4, 0.5) is 0 Å². The van der Waals surface area contributed by atoms with Crippen molar-refractivity contribution in [2.75, 3.05) is 45.9 Å². The van der Waals surface area contributed by atoms with E-state index in [9.17, 15) is 0 Å². The Balaban J connectivity index is 1.25. The van der Waals surface area contributed by atoms with Crippen LogP contribution in [0.2, 0.25) is 0 Å². The zero-order chi connectivity index (χ0) is 15.5. The molecule has 126 valence electrons. The number of nitrogens with zero attached hydrogens (tertiary/aromatic N) is 2. The van der Waals surface area contributed by atoms with E-state index in [-0.39, 0.29) is 0 Å². The van der Waals surface area contributed by atoms with Gasteiger partial charge in [-0.25, -0.2) is 0 Å². The van der Waals surface area contributed by atoms with Crippen molar-refractivity contribution in [2.24, 2.45) is 11.3 Å². The minimum absolute atomic E-state index is 0.675. The molecular formula is C20H30N2O. The predicted octanol–water partition coefficient (Wildman–Crippen LogP) is 3.01. The molecule has 1 spiro atoms. The Bertz CT molecular complexity index is 498. The molecule has 3 nitrogen and oxygen atoms in total. The van der Waals surface area contributed by atoms with Gasteiger partial charge in [-0.3, -0.25) is 4.90 Å². The highest BCUT2D eigenvalue weighted by Gasteiger charge is 2.54. The van der Waals surface area contributed by atoms with Gasteiger partial charge in [0.05, 0.1) is 0 Å². The summed E-state index contributed by atoms with van der Waals surface area (Å²) in [5, 5.41) is 0. The monoisotopic (exact) mass is 314 g/mol. The van der Waals surface area contributed by atoms with Gasteiger partial charge in [0.2, 0.25) is 0 Å². The van der Waals surface area contributed by atoms with Gasteiger partial charge in [-0.1, -0.05) is 30.3 Å². The molecule has 3 fully saturated rings. The lowest BCUT2D eigenvalue weighted by molar-refractivity contribution is 0.0493. The average Bonchev–Trinajstić information content (AvgIpc) is 3.29. The van der Waals surface area contributed by atoms with Crippen molar-refractivity contribution in [3.05, 3.63) is 35.9 Å². The molecule has 3 heteroatoms. The van der Waals surface area contributed by atoms with E-state index >= 15 is 0 Å². The Morgan fingerprint density at radius 2 is 1.70 bits per heavy atom. The van der Waals surface area contributed by atoms with Gasteiger partial charge in [0.25, 0.3) is 0 Å². The molecule has 0 radical (unpaired) electrons. The van der Waals surface area contributed by atoms with Crippen molar-refractivity contribution in [3.8, 4) is 0 Å². The average molecular weight is 314 g/mol. The number of hydrogen-bond donors (Lipinski definition) is 0. The minimum atomic E-state index is 0.675. The van der Waals surface area contributed by atoms with Crippen LogP contribution in [0.3, 0.4) is 0 Å². The van der Waals surface area contributed by atoms with Crippen LogP contribution in [0, 0.1) is 11.3 Å². The zero-order valence-electron chi connectivity index (χ0n) is 14.3. The molecule has 2 heterocycles. The summed E-state index contributed by atoms with van der Waals surface area (Å²) in [5.74, 6) is 0.951. The normalized spacial score (nSPS) is 28.6.